The molecule has 0 radical (unpaired) electrons. The molecule has 2 saturated heterocycles. The van der Waals surface area contributed by atoms with E-state index >= 15 is 0 Å². The smallest absolute Gasteiger partial charge is 0.263 e. The number of piperidine rings is 2. The van der Waals surface area contributed by atoms with Crippen molar-refractivity contribution in [2.24, 2.45) is 5.92 Å². The van der Waals surface area contributed by atoms with Gasteiger partial charge in [0, 0.05) is 37.8 Å². The molecular weight excluding hydrogens is 451 g/mol. The Morgan fingerprint density at radius 2 is 1.97 bits per heavy atom. The molecule has 0 aliphatic carbocycles. The van der Waals surface area contributed by atoms with Gasteiger partial charge in [-0.1, -0.05) is 11.3 Å². The number of aromatic nitrogens is 2. The number of carbonyl (C=O) groups is 1. The van der Waals surface area contributed by atoms with E-state index in [1.54, 1.807) is 19.3 Å². The van der Waals surface area contributed by atoms with E-state index in [0.29, 0.717) is 23.9 Å². The zero-order chi connectivity index (χ0) is 23.6. The van der Waals surface area contributed by atoms with Gasteiger partial charge in [-0.15, -0.1) is 0 Å². The lowest BCUT2D eigenvalue weighted by Crippen LogP contribution is -2.50. The van der Waals surface area contributed by atoms with Gasteiger partial charge in [-0.05, 0) is 57.7 Å². The van der Waals surface area contributed by atoms with Gasteiger partial charge in [0.05, 0.1) is 18.4 Å². The Balaban J connectivity index is 1.28. The Hall–Kier alpha value is -2.20. The van der Waals surface area contributed by atoms with Crippen LogP contribution in [0.1, 0.15) is 53.5 Å². The Morgan fingerprint density at radius 1 is 1.21 bits per heavy atom. The molecule has 4 rings (SSSR count). The van der Waals surface area contributed by atoms with Crippen LogP contribution in [0.4, 0.5) is 18.3 Å². The third-order valence-corrected chi connectivity index (χ3v) is 7.67. The molecular formula is C23H30F3N5OS. The van der Waals surface area contributed by atoms with Gasteiger partial charge in [-0.3, -0.25) is 14.7 Å². The van der Waals surface area contributed by atoms with Crippen molar-refractivity contribution in [1.82, 2.24) is 20.2 Å². The van der Waals surface area contributed by atoms with Gasteiger partial charge in [0.25, 0.3) is 5.91 Å². The highest BCUT2D eigenvalue weighted by molar-refractivity contribution is 7.17. The lowest BCUT2D eigenvalue weighted by molar-refractivity contribution is -0.0730. The van der Waals surface area contributed by atoms with Gasteiger partial charge < -0.3 is 10.2 Å². The van der Waals surface area contributed by atoms with Gasteiger partial charge in [-0.25, -0.2) is 18.2 Å². The summed E-state index contributed by atoms with van der Waals surface area (Å²) in [5.41, 5.74) is 0.920. The highest BCUT2D eigenvalue weighted by Gasteiger charge is 2.39. The Kier molecular flexibility index (Phi) is 7.23. The molecule has 6 nitrogen and oxygen atoms in total. The monoisotopic (exact) mass is 481 g/mol. The molecule has 2 aliphatic rings. The summed E-state index contributed by atoms with van der Waals surface area (Å²) in [6.45, 7) is 5.71. The van der Waals surface area contributed by atoms with E-state index in [1.807, 2.05) is 0 Å². The number of hydrogen-bond donors (Lipinski definition) is 1. The van der Waals surface area contributed by atoms with Crippen LogP contribution >= 0.6 is 11.3 Å². The van der Waals surface area contributed by atoms with Crippen LogP contribution in [0, 0.1) is 18.7 Å². The van der Waals surface area contributed by atoms with Crippen molar-refractivity contribution in [2.45, 2.75) is 58.0 Å². The number of pyridine rings is 1. The zero-order valence-corrected chi connectivity index (χ0v) is 19.8. The van der Waals surface area contributed by atoms with E-state index in [9.17, 15) is 18.0 Å². The minimum Gasteiger partial charge on any atom is -0.348 e. The van der Waals surface area contributed by atoms with Gasteiger partial charge in [-0.2, -0.15) is 0 Å². The number of aryl methyl sites for hydroxylation is 1. The van der Waals surface area contributed by atoms with Crippen LogP contribution in [-0.4, -0.2) is 58.9 Å². The second-order valence-electron chi connectivity index (χ2n) is 9.14. The standard InChI is InChI=1S/C23H30F3N5OS/c1-15-10-18(24)19(27-11-15)12-28-21(32)20-13-29-22(33-20)30-8-5-17(6-9-30)31-7-3-4-16(14-31)23(2,25)26/h10-11,13,16-17H,3-9,12,14H2,1-2H3,(H,28,32). The van der Waals surface area contributed by atoms with Crippen molar-refractivity contribution in [2.75, 3.05) is 31.1 Å². The molecule has 0 spiro atoms. The summed E-state index contributed by atoms with van der Waals surface area (Å²) in [6.07, 6.45) is 6.30. The molecule has 0 bridgehead atoms. The van der Waals surface area contributed by atoms with E-state index in [4.69, 9.17) is 0 Å². The second kappa shape index (κ2) is 9.97. The summed E-state index contributed by atoms with van der Waals surface area (Å²) in [5.74, 6) is -3.94. The molecule has 180 valence electrons. The molecule has 10 heteroatoms. The summed E-state index contributed by atoms with van der Waals surface area (Å²) < 4.78 is 41.5. The Morgan fingerprint density at radius 3 is 2.67 bits per heavy atom. The van der Waals surface area contributed by atoms with E-state index in [0.717, 1.165) is 56.5 Å². The van der Waals surface area contributed by atoms with Crippen molar-refractivity contribution < 1.29 is 18.0 Å². The third kappa shape index (κ3) is 5.84. The predicted octanol–water partition coefficient (Wildman–Crippen LogP) is 4.25. The summed E-state index contributed by atoms with van der Waals surface area (Å²) in [4.78, 5) is 25.8. The van der Waals surface area contributed by atoms with Crippen molar-refractivity contribution in [1.29, 1.82) is 0 Å². The third-order valence-electron chi connectivity index (χ3n) is 6.61. The number of thiazole rings is 1. The average molecular weight is 482 g/mol. The second-order valence-corrected chi connectivity index (χ2v) is 10.1. The number of alkyl halides is 2. The largest absolute Gasteiger partial charge is 0.348 e. The van der Waals surface area contributed by atoms with Gasteiger partial charge in [0.1, 0.15) is 10.7 Å². The summed E-state index contributed by atoms with van der Waals surface area (Å²) in [6, 6.07) is 1.70. The molecule has 2 aliphatic heterocycles. The SMILES string of the molecule is Cc1cnc(CNC(=O)c2cnc(N3CCC(N4CCCC(C(C)(F)F)C4)CC3)s2)c(F)c1. The van der Waals surface area contributed by atoms with Crippen LogP contribution < -0.4 is 10.2 Å². The molecule has 0 aromatic carbocycles. The van der Waals surface area contributed by atoms with Gasteiger partial charge in [0.15, 0.2) is 5.13 Å². The number of amides is 1. The fourth-order valence-corrected chi connectivity index (χ4v) is 5.52. The molecule has 1 N–H and O–H groups in total. The highest BCUT2D eigenvalue weighted by atomic mass is 32.1. The molecule has 4 heterocycles. The number of hydrogen-bond acceptors (Lipinski definition) is 6. The van der Waals surface area contributed by atoms with Crippen molar-refractivity contribution in [3.8, 4) is 0 Å². The minimum atomic E-state index is -2.63. The maximum atomic E-state index is 13.9. The normalized spacial score (nSPS) is 20.8. The van der Waals surface area contributed by atoms with E-state index in [2.05, 4.69) is 25.1 Å². The van der Waals surface area contributed by atoms with Crippen LogP contribution in [0.25, 0.3) is 0 Å². The first-order chi connectivity index (χ1) is 15.7. The molecule has 2 aromatic heterocycles. The predicted molar refractivity (Wildman–Crippen MR) is 122 cm³/mol. The molecule has 1 amide bonds. The topological polar surface area (TPSA) is 61.4 Å². The van der Waals surface area contributed by atoms with Crippen LogP contribution in [0.3, 0.4) is 0 Å². The summed E-state index contributed by atoms with van der Waals surface area (Å²) in [5, 5.41) is 3.47. The molecule has 2 fully saturated rings. The molecule has 0 saturated carbocycles. The average Bonchev–Trinajstić information content (AvgIpc) is 3.28. The molecule has 33 heavy (non-hydrogen) atoms. The molecule has 1 atom stereocenters. The van der Waals surface area contributed by atoms with Crippen molar-refractivity contribution in [3.05, 3.63) is 40.4 Å². The zero-order valence-electron chi connectivity index (χ0n) is 19.0. The lowest BCUT2D eigenvalue weighted by atomic mass is 9.90. The van der Waals surface area contributed by atoms with Crippen LogP contribution in [-0.2, 0) is 6.54 Å². The number of nitrogens with zero attached hydrogens (tertiary/aromatic N) is 4. The molecule has 2 aromatic rings. The first-order valence-electron chi connectivity index (χ1n) is 11.4. The number of nitrogens with one attached hydrogen (secondary N) is 1. The number of rotatable bonds is 6. The van der Waals surface area contributed by atoms with Gasteiger partial charge >= 0.3 is 0 Å². The number of likely N-dealkylation sites (tertiary alicyclic amines) is 1. The first kappa shape index (κ1) is 23.9. The van der Waals surface area contributed by atoms with Crippen molar-refractivity contribution in [3.63, 3.8) is 0 Å². The van der Waals surface area contributed by atoms with E-state index < -0.39 is 17.7 Å². The number of anilines is 1. The Bertz CT molecular complexity index is 971. The maximum Gasteiger partial charge on any atom is 0.263 e. The van der Waals surface area contributed by atoms with Crippen molar-refractivity contribution >= 4 is 22.4 Å². The minimum absolute atomic E-state index is 0.0111. The summed E-state index contributed by atoms with van der Waals surface area (Å²) >= 11 is 1.31. The first-order valence-corrected chi connectivity index (χ1v) is 12.2. The van der Waals surface area contributed by atoms with Gasteiger partial charge in [0.2, 0.25) is 5.92 Å². The van der Waals surface area contributed by atoms with Crippen LogP contribution in [0.5, 0.6) is 0 Å². The number of halogens is 3. The van der Waals surface area contributed by atoms with Crippen LogP contribution in [0.15, 0.2) is 18.5 Å². The quantitative estimate of drug-likeness (QED) is 0.669. The fraction of sp³-hybridized carbons (Fsp3) is 0.609. The van der Waals surface area contributed by atoms with Crippen LogP contribution in [0.2, 0.25) is 0 Å². The number of carbonyl (C=O) groups excluding carboxylic acids is 1. The lowest BCUT2D eigenvalue weighted by Gasteiger charge is -2.43. The van der Waals surface area contributed by atoms with E-state index in [-0.39, 0.29) is 18.1 Å². The molecule has 1 unspecified atom stereocenters. The summed E-state index contributed by atoms with van der Waals surface area (Å²) in [7, 11) is 0. The highest BCUT2D eigenvalue weighted by Crippen LogP contribution is 2.34. The fourth-order valence-electron chi connectivity index (χ4n) is 4.63. The maximum absolute atomic E-state index is 13.9. The van der Waals surface area contributed by atoms with E-state index in [1.165, 1.54) is 17.4 Å². The Labute approximate surface area is 196 Å².